The van der Waals surface area contributed by atoms with Crippen LogP contribution in [-0.2, 0) is 14.5 Å². The van der Waals surface area contributed by atoms with E-state index in [1.54, 1.807) is 83.6 Å². The molecule has 2 fully saturated rings. The number of carbonyl (C=O) groups is 3. The lowest BCUT2D eigenvalue weighted by atomic mass is 10.1. The molecule has 2 N–H and O–H groups in total. The molecule has 2 aromatic carbocycles. The first-order valence-corrected chi connectivity index (χ1v) is 12.7. The number of thiophene rings is 1. The number of benzene rings is 2. The van der Waals surface area contributed by atoms with E-state index < -0.39 is 10.9 Å². The van der Waals surface area contributed by atoms with Crippen LogP contribution in [0.3, 0.4) is 0 Å². The average Bonchev–Trinajstić information content (AvgIpc) is 3.58. The predicted molar refractivity (Wildman–Crippen MR) is 134 cm³/mol. The number of fused-ring (bicyclic) bond motifs is 1. The zero-order valence-corrected chi connectivity index (χ0v) is 20.1. The van der Waals surface area contributed by atoms with Crippen molar-refractivity contribution < 1.29 is 19.1 Å². The van der Waals surface area contributed by atoms with Crippen LogP contribution < -0.4 is 15.4 Å². The minimum absolute atomic E-state index is 0.0115. The fraction of sp³-hybridized carbons (Fsp3) is 0.240. The Morgan fingerprint density at radius 3 is 2.74 bits per heavy atom. The van der Waals surface area contributed by atoms with Crippen LogP contribution in [0.25, 0.3) is 0 Å². The Hall–Kier alpha value is -3.30. The first-order chi connectivity index (χ1) is 16.5. The van der Waals surface area contributed by atoms with Gasteiger partial charge in [-0.25, -0.2) is 0 Å². The fourth-order valence-electron chi connectivity index (χ4n) is 4.49. The summed E-state index contributed by atoms with van der Waals surface area (Å²) in [6, 6.07) is 17.3. The van der Waals surface area contributed by atoms with Crippen LogP contribution in [0.15, 0.2) is 66.0 Å². The van der Waals surface area contributed by atoms with E-state index in [-0.39, 0.29) is 17.7 Å². The van der Waals surface area contributed by atoms with Gasteiger partial charge in [0, 0.05) is 28.8 Å². The van der Waals surface area contributed by atoms with Gasteiger partial charge in [-0.05, 0) is 42.1 Å². The van der Waals surface area contributed by atoms with E-state index in [9.17, 15) is 14.4 Å². The molecule has 0 radical (unpaired) electrons. The maximum atomic E-state index is 13.4. The lowest BCUT2D eigenvalue weighted by Crippen LogP contribution is -2.47. The molecule has 2 aliphatic rings. The molecule has 7 nitrogen and oxygen atoms in total. The second kappa shape index (κ2) is 9.15. The van der Waals surface area contributed by atoms with Crippen molar-refractivity contribution in [2.45, 2.75) is 23.8 Å². The molecular weight excluding hydrogens is 470 g/mol. The molecule has 3 aromatic rings. The van der Waals surface area contributed by atoms with Crippen LogP contribution in [0, 0.1) is 0 Å². The smallest absolute Gasteiger partial charge is 0.257 e. The van der Waals surface area contributed by atoms with Crippen LogP contribution in [0.4, 0.5) is 11.4 Å². The van der Waals surface area contributed by atoms with Crippen LogP contribution in [0.2, 0.25) is 0 Å². The van der Waals surface area contributed by atoms with Gasteiger partial charge >= 0.3 is 0 Å². The van der Waals surface area contributed by atoms with Gasteiger partial charge in [0.1, 0.15) is 16.7 Å². The summed E-state index contributed by atoms with van der Waals surface area (Å²) in [4.78, 5) is 41.6. The Balaban J connectivity index is 1.36. The third-order valence-electron chi connectivity index (χ3n) is 6.09. The topological polar surface area (TPSA) is 87.7 Å². The molecule has 0 saturated carbocycles. The number of para-hydroxylation sites is 1. The van der Waals surface area contributed by atoms with Crippen LogP contribution >= 0.6 is 23.1 Å². The van der Waals surface area contributed by atoms with Gasteiger partial charge in [0.2, 0.25) is 11.8 Å². The Labute approximate surface area is 205 Å². The summed E-state index contributed by atoms with van der Waals surface area (Å²) in [6.07, 6.45) is 1.12. The van der Waals surface area contributed by atoms with E-state index >= 15 is 0 Å². The number of methoxy groups -OCH3 is 1. The second-order valence-corrected chi connectivity index (χ2v) is 10.3. The van der Waals surface area contributed by atoms with Crippen molar-refractivity contribution in [1.29, 1.82) is 0 Å². The largest absolute Gasteiger partial charge is 0.497 e. The second-order valence-electron chi connectivity index (χ2n) is 8.07. The Morgan fingerprint density at radius 1 is 1.09 bits per heavy atom. The zero-order valence-electron chi connectivity index (χ0n) is 18.4. The third-order valence-corrected chi connectivity index (χ3v) is 8.82. The summed E-state index contributed by atoms with van der Waals surface area (Å²) in [7, 11) is 1.56. The van der Waals surface area contributed by atoms with Crippen molar-refractivity contribution in [3.05, 3.63) is 76.5 Å². The molecule has 2 aliphatic heterocycles. The first-order valence-electron chi connectivity index (χ1n) is 10.9. The Bertz CT molecular complexity index is 1250. The molecule has 174 valence electrons. The van der Waals surface area contributed by atoms with Crippen LogP contribution in [-0.4, -0.2) is 41.5 Å². The number of ether oxygens (including phenoxy) is 1. The maximum Gasteiger partial charge on any atom is 0.257 e. The van der Waals surface area contributed by atoms with Crippen LogP contribution in [0.5, 0.6) is 5.75 Å². The standard InChI is InChI=1S/C25H23N3O4S2/c1-32-17-7-4-6-16(14-17)26-23(30)18-8-2-3-9-19(18)27-24(31)20-15-34-25(21-10-5-13-33-21)12-11-22(29)28(20)25/h2-10,13-14,20H,11-12,15H2,1H3,(H,26,30)(H,27,31)/t20-,25-/m0/s1. The molecule has 0 spiro atoms. The zero-order chi connectivity index (χ0) is 23.7. The van der Waals surface area contributed by atoms with Gasteiger partial charge in [0.05, 0.1) is 18.4 Å². The number of nitrogens with zero attached hydrogens (tertiary/aromatic N) is 1. The normalized spacial score (nSPS) is 21.3. The lowest BCUT2D eigenvalue weighted by Gasteiger charge is -2.32. The van der Waals surface area contributed by atoms with Crippen molar-refractivity contribution in [3.8, 4) is 5.75 Å². The predicted octanol–water partition coefficient (Wildman–Crippen LogP) is 4.54. The van der Waals surface area contributed by atoms with Crippen LogP contribution in [0.1, 0.15) is 28.1 Å². The molecule has 3 heterocycles. The minimum atomic E-state index is -0.600. The van der Waals surface area contributed by atoms with E-state index in [1.165, 1.54) is 0 Å². The lowest BCUT2D eigenvalue weighted by molar-refractivity contribution is -0.136. The van der Waals surface area contributed by atoms with E-state index in [2.05, 4.69) is 10.6 Å². The number of amides is 3. The number of hydrogen-bond donors (Lipinski definition) is 2. The minimum Gasteiger partial charge on any atom is -0.497 e. The number of nitrogens with one attached hydrogen (secondary N) is 2. The number of rotatable bonds is 6. The molecule has 0 aliphatic carbocycles. The number of carbonyl (C=O) groups excluding carboxylic acids is 3. The van der Waals surface area contributed by atoms with Crippen molar-refractivity contribution in [2.24, 2.45) is 0 Å². The van der Waals surface area contributed by atoms with Crippen molar-refractivity contribution >= 4 is 52.2 Å². The highest BCUT2D eigenvalue weighted by Gasteiger charge is 2.57. The quantitative estimate of drug-likeness (QED) is 0.527. The summed E-state index contributed by atoms with van der Waals surface area (Å²) >= 11 is 3.26. The highest BCUT2D eigenvalue weighted by molar-refractivity contribution is 8.00. The van der Waals surface area contributed by atoms with Gasteiger partial charge in [0.25, 0.3) is 5.91 Å². The summed E-state index contributed by atoms with van der Waals surface area (Å²) in [5.74, 6) is 0.483. The summed E-state index contributed by atoms with van der Waals surface area (Å²) in [6.45, 7) is 0. The molecule has 2 atom stereocenters. The molecule has 0 unspecified atom stereocenters. The van der Waals surface area contributed by atoms with Gasteiger partial charge in [-0.15, -0.1) is 23.1 Å². The average molecular weight is 494 g/mol. The molecule has 3 amide bonds. The number of hydrogen-bond acceptors (Lipinski definition) is 6. The van der Waals surface area contributed by atoms with E-state index in [4.69, 9.17) is 4.74 Å². The molecule has 34 heavy (non-hydrogen) atoms. The van der Waals surface area contributed by atoms with Gasteiger partial charge in [-0.2, -0.15) is 0 Å². The van der Waals surface area contributed by atoms with E-state index in [1.807, 2.05) is 17.5 Å². The molecule has 0 bridgehead atoms. The molecule has 1 aromatic heterocycles. The van der Waals surface area contributed by atoms with E-state index in [0.29, 0.717) is 41.3 Å². The Morgan fingerprint density at radius 2 is 1.94 bits per heavy atom. The Kier molecular flexibility index (Phi) is 6.05. The molecule has 5 rings (SSSR count). The van der Waals surface area contributed by atoms with Gasteiger partial charge in [-0.3, -0.25) is 14.4 Å². The van der Waals surface area contributed by atoms with E-state index in [0.717, 1.165) is 4.88 Å². The molecular formula is C25H23N3O4S2. The monoisotopic (exact) mass is 493 g/mol. The summed E-state index contributed by atoms with van der Waals surface area (Å²) < 4.78 is 5.21. The molecule has 2 saturated heterocycles. The van der Waals surface area contributed by atoms with Gasteiger partial charge in [0.15, 0.2) is 0 Å². The van der Waals surface area contributed by atoms with Crippen molar-refractivity contribution in [3.63, 3.8) is 0 Å². The van der Waals surface area contributed by atoms with Crippen molar-refractivity contribution in [1.82, 2.24) is 4.90 Å². The molecule has 9 heteroatoms. The van der Waals surface area contributed by atoms with Gasteiger partial charge in [-0.1, -0.05) is 24.3 Å². The summed E-state index contributed by atoms with van der Waals surface area (Å²) in [5.41, 5.74) is 1.32. The highest BCUT2D eigenvalue weighted by Crippen LogP contribution is 2.55. The number of anilines is 2. The number of thioether (sulfide) groups is 1. The fourth-order valence-corrected chi connectivity index (χ4v) is 7.21. The first kappa shape index (κ1) is 22.5. The SMILES string of the molecule is COc1cccc(NC(=O)c2ccccc2NC(=O)[C@@H]2CS[C@]3(c4cccs4)CCC(=O)N23)c1. The van der Waals surface area contributed by atoms with Gasteiger partial charge < -0.3 is 20.3 Å². The van der Waals surface area contributed by atoms with Crippen molar-refractivity contribution in [2.75, 3.05) is 23.5 Å². The highest BCUT2D eigenvalue weighted by atomic mass is 32.2. The summed E-state index contributed by atoms with van der Waals surface area (Å²) in [5, 5.41) is 7.75. The third kappa shape index (κ3) is 3.95. The maximum absolute atomic E-state index is 13.4.